The summed E-state index contributed by atoms with van der Waals surface area (Å²) >= 11 is 6.59. The lowest BCUT2D eigenvalue weighted by Crippen LogP contribution is -2.38. The second-order valence-electron chi connectivity index (χ2n) is 7.58. The molecule has 0 aliphatic rings. The van der Waals surface area contributed by atoms with Crippen LogP contribution in [0.1, 0.15) is 11.1 Å². The van der Waals surface area contributed by atoms with Crippen LogP contribution in [-0.2, 0) is 24.4 Å². The number of nitrogens with two attached hydrogens (primary N) is 1. The summed E-state index contributed by atoms with van der Waals surface area (Å²) < 4.78 is 6.40. The maximum atomic E-state index is 13.0. The molecule has 0 unspecified atom stereocenters. The number of benzene rings is 2. The largest absolute Gasteiger partial charge is 0.383 e. The predicted molar refractivity (Wildman–Crippen MR) is 131 cm³/mol. The highest BCUT2D eigenvalue weighted by Gasteiger charge is 2.21. The monoisotopic (exact) mass is 465 g/mol. The number of pyridine rings is 1. The van der Waals surface area contributed by atoms with Crippen LogP contribution in [0.3, 0.4) is 0 Å². The van der Waals surface area contributed by atoms with Crippen molar-refractivity contribution in [3.63, 3.8) is 0 Å². The van der Waals surface area contributed by atoms with Crippen LogP contribution in [0, 0.1) is 0 Å². The van der Waals surface area contributed by atoms with Crippen molar-refractivity contribution in [2.75, 3.05) is 24.4 Å². The normalized spacial score (nSPS) is 11.1. The third kappa shape index (κ3) is 4.76. The number of nitrogen functional groups attached to an aromatic ring is 1. The molecule has 2 aromatic heterocycles. The summed E-state index contributed by atoms with van der Waals surface area (Å²) in [5.74, 6) is 0.0704. The third-order valence-electron chi connectivity index (χ3n) is 5.44. The maximum Gasteiger partial charge on any atom is 0.330 e. The van der Waals surface area contributed by atoms with Gasteiger partial charge in [0.25, 0.3) is 5.56 Å². The lowest BCUT2D eigenvalue weighted by atomic mass is 10.1. The fourth-order valence-electron chi connectivity index (χ4n) is 3.83. The lowest BCUT2D eigenvalue weighted by molar-refractivity contribution is 0.186. The second-order valence-corrected chi connectivity index (χ2v) is 7.99. The summed E-state index contributed by atoms with van der Waals surface area (Å²) in [6, 6.07) is 17.2. The van der Waals surface area contributed by atoms with Gasteiger partial charge in [0.2, 0.25) is 0 Å². The van der Waals surface area contributed by atoms with Crippen molar-refractivity contribution in [1.29, 1.82) is 0 Å². The summed E-state index contributed by atoms with van der Waals surface area (Å²) in [5.41, 5.74) is 7.90. The number of nitrogens with zero attached hydrogens (tertiary/aromatic N) is 3. The Morgan fingerprint density at radius 3 is 2.64 bits per heavy atom. The molecule has 0 aliphatic heterocycles. The van der Waals surface area contributed by atoms with Gasteiger partial charge in [-0.25, -0.2) is 4.79 Å². The van der Waals surface area contributed by atoms with Crippen molar-refractivity contribution < 1.29 is 4.74 Å². The molecule has 0 saturated carbocycles. The Morgan fingerprint density at radius 2 is 1.88 bits per heavy atom. The van der Waals surface area contributed by atoms with E-state index >= 15 is 0 Å². The molecular formula is C24H24ClN5O3. The number of aromatic nitrogens is 3. The van der Waals surface area contributed by atoms with E-state index < -0.39 is 11.2 Å². The number of rotatable bonds is 8. The minimum atomic E-state index is -0.581. The van der Waals surface area contributed by atoms with Gasteiger partial charge in [0.15, 0.2) is 0 Å². The fourth-order valence-corrected chi connectivity index (χ4v) is 4.04. The van der Waals surface area contributed by atoms with Crippen LogP contribution in [0.25, 0.3) is 10.9 Å². The zero-order valence-corrected chi connectivity index (χ0v) is 18.9. The van der Waals surface area contributed by atoms with Crippen LogP contribution in [0.2, 0.25) is 5.02 Å². The van der Waals surface area contributed by atoms with Gasteiger partial charge in [-0.15, -0.1) is 0 Å². The van der Waals surface area contributed by atoms with Crippen LogP contribution in [0.4, 0.5) is 11.5 Å². The number of hydrogen-bond donors (Lipinski definition) is 2. The zero-order valence-electron chi connectivity index (χ0n) is 18.1. The van der Waals surface area contributed by atoms with E-state index in [4.69, 9.17) is 22.1 Å². The van der Waals surface area contributed by atoms with Gasteiger partial charge in [0.1, 0.15) is 11.5 Å². The van der Waals surface area contributed by atoms with Crippen molar-refractivity contribution in [3.05, 3.63) is 97.8 Å². The van der Waals surface area contributed by atoms with E-state index in [-0.39, 0.29) is 31.2 Å². The van der Waals surface area contributed by atoms with Crippen LogP contribution < -0.4 is 21.9 Å². The summed E-state index contributed by atoms with van der Waals surface area (Å²) in [4.78, 5) is 34.1. The van der Waals surface area contributed by atoms with Crippen LogP contribution in [-0.4, -0.2) is 28.3 Å². The molecule has 0 spiro atoms. The molecule has 2 heterocycles. The molecule has 4 rings (SSSR count). The molecule has 33 heavy (non-hydrogen) atoms. The molecule has 0 aliphatic carbocycles. The lowest BCUT2D eigenvalue weighted by Gasteiger charge is -2.27. The van der Waals surface area contributed by atoms with Gasteiger partial charge >= 0.3 is 5.69 Å². The Balaban J connectivity index is 1.87. The quantitative estimate of drug-likeness (QED) is 0.414. The van der Waals surface area contributed by atoms with E-state index in [0.717, 1.165) is 22.0 Å². The Labute approximate surface area is 195 Å². The highest BCUT2D eigenvalue weighted by molar-refractivity contribution is 6.32. The third-order valence-corrected chi connectivity index (χ3v) is 5.79. The molecule has 9 heteroatoms. The van der Waals surface area contributed by atoms with E-state index in [9.17, 15) is 9.59 Å². The number of fused-ring (bicyclic) bond motifs is 1. The minimum Gasteiger partial charge on any atom is -0.383 e. The van der Waals surface area contributed by atoms with E-state index in [1.54, 1.807) is 6.20 Å². The number of methoxy groups -OCH3 is 1. The first-order chi connectivity index (χ1) is 16.0. The van der Waals surface area contributed by atoms with Gasteiger partial charge in [-0.1, -0.05) is 54.1 Å². The molecule has 0 atom stereocenters. The second kappa shape index (κ2) is 9.89. The molecule has 0 fully saturated rings. The van der Waals surface area contributed by atoms with E-state index in [1.807, 2.05) is 59.5 Å². The summed E-state index contributed by atoms with van der Waals surface area (Å²) in [6.45, 7) is 1.11. The Hall–Kier alpha value is -3.62. The van der Waals surface area contributed by atoms with Crippen molar-refractivity contribution in [2.45, 2.75) is 19.6 Å². The average molecular weight is 466 g/mol. The van der Waals surface area contributed by atoms with Crippen molar-refractivity contribution >= 4 is 34.0 Å². The number of H-pyrrole nitrogens is 1. The predicted octanol–water partition coefficient (Wildman–Crippen LogP) is 3.17. The summed E-state index contributed by atoms with van der Waals surface area (Å²) in [7, 11) is 1.53. The molecule has 0 bridgehead atoms. The highest BCUT2D eigenvalue weighted by atomic mass is 35.5. The fraction of sp³-hybridized carbons (Fsp3) is 0.208. The molecule has 8 nitrogen and oxygen atoms in total. The molecule has 170 valence electrons. The Bertz CT molecular complexity index is 1380. The first kappa shape index (κ1) is 22.6. The van der Waals surface area contributed by atoms with Crippen LogP contribution >= 0.6 is 11.6 Å². The van der Waals surface area contributed by atoms with Gasteiger partial charge in [-0.05, 0) is 17.7 Å². The SMILES string of the molecule is COCCn1c(N)c(N(Cc2ccccc2)Cc2c(Cl)ccc3cccnc23)c(=O)[nH]c1=O. The molecule has 0 amide bonds. The molecule has 0 saturated heterocycles. The number of aromatic amines is 1. The van der Waals surface area contributed by atoms with Crippen molar-refractivity contribution in [1.82, 2.24) is 14.5 Å². The molecule has 2 aromatic carbocycles. The molecule has 3 N–H and O–H groups in total. The summed E-state index contributed by atoms with van der Waals surface area (Å²) in [6.07, 6.45) is 1.70. The van der Waals surface area contributed by atoms with E-state index in [2.05, 4.69) is 9.97 Å². The number of nitrogens with one attached hydrogen (secondary N) is 1. The van der Waals surface area contributed by atoms with Gasteiger partial charge in [-0.2, -0.15) is 0 Å². The van der Waals surface area contributed by atoms with Crippen LogP contribution in [0.5, 0.6) is 0 Å². The standard InChI is InChI=1S/C24H24ClN5O3/c1-33-13-12-30-22(26)21(23(31)28-24(30)32)29(14-16-6-3-2-4-7-16)15-18-19(25)10-9-17-8-5-11-27-20(17)18/h2-11H,12-15,26H2,1H3,(H,28,31,32). The van der Waals surface area contributed by atoms with E-state index in [1.165, 1.54) is 11.7 Å². The average Bonchev–Trinajstić information content (AvgIpc) is 2.81. The minimum absolute atomic E-state index is 0.0704. The number of anilines is 2. The first-order valence-corrected chi connectivity index (χ1v) is 10.8. The van der Waals surface area contributed by atoms with Crippen LogP contribution in [0.15, 0.2) is 70.4 Å². The highest BCUT2D eigenvalue weighted by Crippen LogP contribution is 2.29. The smallest absolute Gasteiger partial charge is 0.330 e. The summed E-state index contributed by atoms with van der Waals surface area (Å²) in [5, 5.41) is 1.46. The molecule has 4 aromatic rings. The zero-order chi connectivity index (χ0) is 23.4. The van der Waals surface area contributed by atoms with Crippen molar-refractivity contribution in [3.8, 4) is 0 Å². The number of hydrogen-bond acceptors (Lipinski definition) is 6. The van der Waals surface area contributed by atoms with Gasteiger partial charge < -0.3 is 15.4 Å². The van der Waals surface area contributed by atoms with Gasteiger partial charge in [0.05, 0.1) is 18.7 Å². The van der Waals surface area contributed by atoms with Gasteiger partial charge in [0, 0.05) is 42.4 Å². The molecule has 0 radical (unpaired) electrons. The first-order valence-electron chi connectivity index (χ1n) is 10.4. The van der Waals surface area contributed by atoms with E-state index in [0.29, 0.717) is 11.6 Å². The number of halogens is 1. The number of ether oxygens (including phenoxy) is 1. The van der Waals surface area contributed by atoms with Gasteiger partial charge in [-0.3, -0.25) is 19.3 Å². The Kier molecular flexibility index (Phi) is 6.76. The maximum absolute atomic E-state index is 13.0. The topological polar surface area (TPSA) is 106 Å². The van der Waals surface area contributed by atoms with Crippen molar-refractivity contribution in [2.24, 2.45) is 0 Å². The molecular weight excluding hydrogens is 442 g/mol. The Morgan fingerprint density at radius 1 is 1.09 bits per heavy atom.